The van der Waals surface area contributed by atoms with E-state index in [-0.39, 0.29) is 23.6 Å². The Morgan fingerprint density at radius 1 is 1.10 bits per heavy atom. The molecular formula is C15H11Br2NO3. The number of benzene rings is 2. The Hall–Kier alpha value is -1.66. The van der Waals surface area contributed by atoms with Crippen LogP contribution in [-0.4, -0.2) is 17.0 Å². The summed E-state index contributed by atoms with van der Waals surface area (Å²) >= 11 is 6.50. The van der Waals surface area contributed by atoms with Crippen molar-refractivity contribution in [1.29, 1.82) is 0 Å². The van der Waals surface area contributed by atoms with Gasteiger partial charge in [-0.2, -0.15) is 0 Å². The van der Waals surface area contributed by atoms with E-state index in [0.717, 1.165) is 5.56 Å². The summed E-state index contributed by atoms with van der Waals surface area (Å²) in [6.45, 7) is 0. The quantitative estimate of drug-likeness (QED) is 0.794. The molecule has 0 aliphatic rings. The van der Waals surface area contributed by atoms with E-state index in [1.165, 1.54) is 6.07 Å². The number of hydrogen-bond donors (Lipinski definition) is 2. The Morgan fingerprint density at radius 2 is 1.76 bits per heavy atom. The Bertz CT molecular complexity index is 687. The Balaban J connectivity index is 2.23. The van der Waals surface area contributed by atoms with E-state index in [1.807, 2.05) is 30.3 Å². The van der Waals surface area contributed by atoms with Crippen molar-refractivity contribution in [3.63, 3.8) is 0 Å². The molecule has 0 bridgehead atoms. The summed E-state index contributed by atoms with van der Waals surface area (Å²) in [7, 11) is 0. The number of aromatic carboxylic acids is 1. The standard InChI is InChI=1S/C15H11Br2NO3/c16-10-7-11(15(20)21)14(12(17)8-10)18-13(19)6-9-4-2-1-3-5-9/h1-5,7-8H,6H2,(H,18,19)(H,20,21). The van der Waals surface area contributed by atoms with Gasteiger partial charge >= 0.3 is 5.97 Å². The fourth-order valence-corrected chi connectivity index (χ4v) is 3.16. The summed E-state index contributed by atoms with van der Waals surface area (Å²) < 4.78 is 1.13. The molecule has 0 fully saturated rings. The number of carboxylic acids is 1. The molecule has 0 spiro atoms. The number of carboxylic acid groups (broad SMARTS) is 1. The van der Waals surface area contributed by atoms with Crippen molar-refractivity contribution in [2.24, 2.45) is 0 Å². The third-order valence-electron chi connectivity index (χ3n) is 2.76. The predicted octanol–water partition coefficient (Wildman–Crippen LogP) is 4.09. The lowest BCUT2D eigenvalue weighted by atomic mass is 10.1. The zero-order chi connectivity index (χ0) is 15.4. The highest BCUT2D eigenvalue weighted by molar-refractivity contribution is 9.11. The van der Waals surface area contributed by atoms with Gasteiger partial charge in [-0.3, -0.25) is 4.79 Å². The summed E-state index contributed by atoms with van der Waals surface area (Å²) in [6, 6.07) is 12.4. The van der Waals surface area contributed by atoms with E-state index in [1.54, 1.807) is 6.07 Å². The maximum atomic E-state index is 12.1. The van der Waals surface area contributed by atoms with Crippen LogP contribution in [-0.2, 0) is 11.2 Å². The molecule has 0 aromatic heterocycles. The van der Waals surface area contributed by atoms with Gasteiger partial charge in [-0.25, -0.2) is 4.79 Å². The van der Waals surface area contributed by atoms with Gasteiger partial charge < -0.3 is 10.4 Å². The van der Waals surface area contributed by atoms with Gasteiger partial charge in [0.05, 0.1) is 17.7 Å². The third kappa shape index (κ3) is 4.15. The van der Waals surface area contributed by atoms with E-state index < -0.39 is 5.97 Å². The lowest BCUT2D eigenvalue weighted by molar-refractivity contribution is -0.115. The topological polar surface area (TPSA) is 66.4 Å². The summed E-state index contributed by atoms with van der Waals surface area (Å²) in [4.78, 5) is 23.3. The van der Waals surface area contributed by atoms with Gasteiger partial charge in [-0.05, 0) is 33.6 Å². The lowest BCUT2D eigenvalue weighted by Crippen LogP contribution is -2.17. The van der Waals surface area contributed by atoms with Gasteiger partial charge in [-0.1, -0.05) is 46.3 Å². The second-order valence-corrected chi connectivity index (χ2v) is 6.10. The van der Waals surface area contributed by atoms with E-state index in [4.69, 9.17) is 0 Å². The van der Waals surface area contributed by atoms with Gasteiger partial charge in [0.25, 0.3) is 0 Å². The lowest BCUT2D eigenvalue weighted by Gasteiger charge is -2.11. The minimum absolute atomic E-state index is 0.0256. The highest BCUT2D eigenvalue weighted by Crippen LogP contribution is 2.31. The number of amides is 1. The van der Waals surface area contributed by atoms with Crippen molar-refractivity contribution >= 4 is 49.4 Å². The highest BCUT2D eigenvalue weighted by atomic mass is 79.9. The molecule has 0 aliphatic heterocycles. The normalized spacial score (nSPS) is 10.2. The van der Waals surface area contributed by atoms with Crippen LogP contribution >= 0.6 is 31.9 Å². The molecule has 0 saturated carbocycles. The maximum absolute atomic E-state index is 12.1. The van der Waals surface area contributed by atoms with Crippen LogP contribution in [0.2, 0.25) is 0 Å². The van der Waals surface area contributed by atoms with Crippen LogP contribution in [0.1, 0.15) is 15.9 Å². The summed E-state index contributed by atoms with van der Waals surface area (Å²) in [5, 5.41) is 11.9. The molecule has 2 rings (SSSR count). The van der Waals surface area contributed by atoms with Crippen molar-refractivity contribution in [2.75, 3.05) is 5.32 Å². The van der Waals surface area contributed by atoms with Crippen molar-refractivity contribution in [2.45, 2.75) is 6.42 Å². The average Bonchev–Trinajstić information content (AvgIpc) is 2.42. The second-order valence-electron chi connectivity index (χ2n) is 4.33. The first-order chi connectivity index (χ1) is 9.97. The van der Waals surface area contributed by atoms with Gasteiger partial charge in [0, 0.05) is 8.95 Å². The van der Waals surface area contributed by atoms with Crippen molar-refractivity contribution in [3.8, 4) is 0 Å². The first kappa shape index (κ1) is 15.7. The molecule has 2 N–H and O–H groups in total. The number of hydrogen-bond acceptors (Lipinski definition) is 2. The van der Waals surface area contributed by atoms with Crippen LogP contribution in [0, 0.1) is 0 Å². The number of carbonyl (C=O) groups is 2. The average molecular weight is 413 g/mol. The Morgan fingerprint density at radius 3 is 2.38 bits per heavy atom. The smallest absolute Gasteiger partial charge is 0.337 e. The van der Waals surface area contributed by atoms with E-state index in [9.17, 15) is 14.7 Å². The predicted molar refractivity (Wildman–Crippen MR) is 87.6 cm³/mol. The minimum Gasteiger partial charge on any atom is -0.478 e. The summed E-state index contributed by atoms with van der Waals surface area (Å²) in [5.74, 6) is -1.38. The fourth-order valence-electron chi connectivity index (χ4n) is 1.83. The van der Waals surface area contributed by atoms with E-state index in [0.29, 0.717) is 8.95 Å². The number of halogens is 2. The molecule has 0 radical (unpaired) electrons. The van der Waals surface area contributed by atoms with E-state index >= 15 is 0 Å². The minimum atomic E-state index is -1.10. The van der Waals surface area contributed by atoms with Crippen LogP contribution in [0.3, 0.4) is 0 Å². The fraction of sp³-hybridized carbons (Fsp3) is 0.0667. The van der Waals surface area contributed by atoms with Crippen molar-refractivity contribution in [3.05, 3.63) is 62.5 Å². The molecule has 4 nitrogen and oxygen atoms in total. The number of nitrogens with one attached hydrogen (secondary N) is 1. The molecule has 6 heteroatoms. The number of anilines is 1. The molecular weight excluding hydrogens is 402 g/mol. The molecule has 108 valence electrons. The number of rotatable bonds is 4. The maximum Gasteiger partial charge on any atom is 0.337 e. The molecule has 1 amide bonds. The van der Waals surface area contributed by atoms with Gasteiger partial charge in [-0.15, -0.1) is 0 Å². The molecule has 0 saturated heterocycles. The van der Waals surface area contributed by atoms with Crippen LogP contribution in [0.4, 0.5) is 5.69 Å². The van der Waals surface area contributed by atoms with Crippen LogP contribution < -0.4 is 5.32 Å². The molecule has 21 heavy (non-hydrogen) atoms. The zero-order valence-electron chi connectivity index (χ0n) is 10.8. The number of carbonyl (C=O) groups excluding carboxylic acids is 1. The summed E-state index contributed by atoms with van der Waals surface area (Å²) in [5.41, 5.74) is 1.14. The SMILES string of the molecule is O=C(Cc1ccccc1)Nc1c(Br)cc(Br)cc1C(=O)O. The zero-order valence-corrected chi connectivity index (χ0v) is 13.9. The van der Waals surface area contributed by atoms with Crippen LogP contribution in [0.25, 0.3) is 0 Å². The van der Waals surface area contributed by atoms with Gasteiger partial charge in [0.1, 0.15) is 0 Å². The van der Waals surface area contributed by atoms with Crippen molar-refractivity contribution in [1.82, 2.24) is 0 Å². The van der Waals surface area contributed by atoms with Gasteiger partial charge in [0.2, 0.25) is 5.91 Å². The first-order valence-electron chi connectivity index (χ1n) is 6.03. The van der Waals surface area contributed by atoms with Crippen LogP contribution in [0.5, 0.6) is 0 Å². The third-order valence-corrected chi connectivity index (χ3v) is 3.84. The molecule has 0 aliphatic carbocycles. The Kier molecular flexibility index (Phi) is 5.14. The molecule has 2 aromatic carbocycles. The first-order valence-corrected chi connectivity index (χ1v) is 7.62. The second kappa shape index (κ2) is 6.87. The molecule has 0 unspecified atom stereocenters. The summed E-state index contributed by atoms with van der Waals surface area (Å²) in [6.07, 6.45) is 0.183. The largest absolute Gasteiger partial charge is 0.478 e. The monoisotopic (exact) mass is 411 g/mol. The van der Waals surface area contributed by atoms with Gasteiger partial charge in [0.15, 0.2) is 0 Å². The van der Waals surface area contributed by atoms with Crippen LogP contribution in [0.15, 0.2) is 51.4 Å². The highest BCUT2D eigenvalue weighted by Gasteiger charge is 2.17. The molecule has 0 atom stereocenters. The Labute approximate surface area is 138 Å². The molecule has 0 heterocycles. The van der Waals surface area contributed by atoms with Crippen molar-refractivity contribution < 1.29 is 14.7 Å². The van der Waals surface area contributed by atoms with E-state index in [2.05, 4.69) is 37.2 Å². The molecule has 2 aromatic rings.